The summed E-state index contributed by atoms with van der Waals surface area (Å²) in [7, 11) is 9.75. The van der Waals surface area contributed by atoms with E-state index in [4.69, 9.17) is 30.3 Å². The smallest absolute Gasteiger partial charge is 0.0562 e. The van der Waals surface area contributed by atoms with E-state index in [0.29, 0.717) is 0 Å². The summed E-state index contributed by atoms with van der Waals surface area (Å²) in [5.74, 6) is 0. The van der Waals surface area contributed by atoms with Crippen molar-refractivity contribution in [2.75, 3.05) is 0 Å². The van der Waals surface area contributed by atoms with Crippen LogP contribution >= 0.6 is 18.8 Å². The first-order valence-corrected chi connectivity index (χ1v) is 8.60. The quantitative estimate of drug-likeness (QED) is 0.633. The first kappa shape index (κ1) is 11.2. The Morgan fingerprint density at radius 1 is 1.10 bits per heavy atom. The van der Waals surface area contributed by atoms with Crippen LogP contribution in [0.4, 0.5) is 0 Å². The van der Waals surface area contributed by atoms with Crippen molar-refractivity contribution in [1.29, 1.82) is 0 Å². The number of halogens is 2. The molecular weight excluding hydrogens is 354 g/mol. The molecule has 0 aromatic carbocycles. The van der Waals surface area contributed by atoms with E-state index in [2.05, 4.69) is 0 Å². The van der Waals surface area contributed by atoms with Gasteiger partial charge in [-0.15, -0.1) is 0 Å². The van der Waals surface area contributed by atoms with Crippen molar-refractivity contribution in [3.8, 4) is 0 Å². The first-order valence-electron chi connectivity index (χ1n) is 2.97. The molecule has 0 spiro atoms. The van der Waals surface area contributed by atoms with Gasteiger partial charge in [0.05, 0.1) is 0 Å². The molecule has 2 unspecified atom stereocenters. The summed E-state index contributed by atoms with van der Waals surface area (Å²) in [6.07, 6.45) is 3.00. The molecule has 0 aromatic heterocycles. The maximum absolute atomic E-state index is 7.15. The molecule has 0 aliphatic heterocycles. The predicted molar refractivity (Wildman–Crippen MR) is 41.8 cm³/mol. The summed E-state index contributed by atoms with van der Waals surface area (Å²) in [5.41, 5.74) is 14.3. The van der Waals surface area contributed by atoms with Crippen molar-refractivity contribution < 1.29 is 16.5 Å². The maximum Gasteiger partial charge on any atom is -0.0562 e. The summed E-state index contributed by atoms with van der Waals surface area (Å²) in [5, 5.41) is 0. The molecule has 2 atom stereocenters. The first-order chi connectivity index (χ1) is 4.72. The van der Waals surface area contributed by atoms with Crippen LogP contribution in [0.1, 0.15) is 19.3 Å². The molecule has 1 fully saturated rings. The van der Waals surface area contributed by atoms with Gasteiger partial charge < -0.3 is 11.5 Å². The molecule has 0 amide bonds. The van der Waals surface area contributed by atoms with Gasteiger partial charge >= 0.3 is 35.3 Å². The SMILES string of the molecule is [Cl][Pt][Cl].[NH-]C1CCCC1[NH-]. The van der Waals surface area contributed by atoms with Crippen molar-refractivity contribution in [2.45, 2.75) is 31.3 Å². The van der Waals surface area contributed by atoms with Gasteiger partial charge in [-0.05, 0) is 0 Å². The summed E-state index contributed by atoms with van der Waals surface area (Å²) in [6, 6.07) is -0.139. The second-order valence-electron chi connectivity index (χ2n) is 2.19. The predicted octanol–water partition coefficient (Wildman–Crippen LogP) is 3.39. The molecule has 5 heteroatoms. The third-order valence-electron chi connectivity index (χ3n) is 1.52. The van der Waals surface area contributed by atoms with Gasteiger partial charge in [0.2, 0.25) is 0 Å². The minimum absolute atomic E-state index is 0.0694. The third-order valence-corrected chi connectivity index (χ3v) is 1.52. The molecule has 0 bridgehead atoms. The standard InChI is InChI=1S/C5H10N2.2ClH.Pt/c6-4-2-1-3-5(4)7;;;/h4-7H,1-3H2;2*1H;/q-2;;;+2/p-2. The fraction of sp³-hybridized carbons (Fsp3) is 1.00. The van der Waals surface area contributed by atoms with Crippen molar-refractivity contribution in [1.82, 2.24) is 0 Å². The average molecular weight is 364 g/mol. The molecule has 2 N–H and O–H groups in total. The van der Waals surface area contributed by atoms with Gasteiger partial charge in [0.25, 0.3) is 0 Å². The van der Waals surface area contributed by atoms with Gasteiger partial charge in [0.15, 0.2) is 0 Å². The Labute approximate surface area is 78.0 Å². The summed E-state index contributed by atoms with van der Waals surface area (Å²) >= 11 is -0.472. The number of nitrogens with one attached hydrogen (secondary N) is 2. The van der Waals surface area contributed by atoms with Crippen LogP contribution in [0.3, 0.4) is 0 Å². The Hall–Kier alpha value is 1.19. The zero-order chi connectivity index (χ0) is 7.98. The Morgan fingerprint density at radius 3 is 1.50 bits per heavy atom. The second-order valence-corrected chi connectivity index (χ2v) is 5.47. The minimum atomic E-state index is -0.472. The number of hydrogen-bond acceptors (Lipinski definition) is 0. The Bertz CT molecular complexity index is 76.0. The molecule has 0 aromatic rings. The molecule has 0 saturated heterocycles. The van der Waals surface area contributed by atoms with Crippen LogP contribution in [0.2, 0.25) is 0 Å². The Kier molecular flexibility index (Phi) is 7.69. The molecule has 66 valence electrons. The van der Waals surface area contributed by atoms with Gasteiger partial charge in [-0.2, -0.15) is 12.1 Å². The van der Waals surface area contributed by atoms with Gasteiger partial charge in [-0.25, -0.2) is 0 Å². The molecule has 1 aliphatic rings. The number of rotatable bonds is 0. The van der Waals surface area contributed by atoms with E-state index in [1.807, 2.05) is 0 Å². The summed E-state index contributed by atoms with van der Waals surface area (Å²) in [4.78, 5) is 0. The Balaban J connectivity index is 0.000000236. The Morgan fingerprint density at radius 2 is 1.40 bits per heavy atom. The van der Waals surface area contributed by atoms with Crippen molar-refractivity contribution >= 4 is 18.8 Å². The third kappa shape index (κ3) is 4.92. The van der Waals surface area contributed by atoms with Crippen LogP contribution in [-0.2, 0) is 16.5 Å². The van der Waals surface area contributed by atoms with Crippen molar-refractivity contribution in [2.24, 2.45) is 0 Å². The molecule has 10 heavy (non-hydrogen) atoms. The van der Waals surface area contributed by atoms with Gasteiger partial charge in [-0.3, -0.25) is 0 Å². The molecule has 0 heterocycles. The number of hydrogen-bond donors (Lipinski definition) is 0. The van der Waals surface area contributed by atoms with E-state index in [9.17, 15) is 0 Å². The molecule has 2 nitrogen and oxygen atoms in total. The average Bonchev–Trinajstić information content (AvgIpc) is 2.19. The summed E-state index contributed by atoms with van der Waals surface area (Å²) < 4.78 is 0. The van der Waals surface area contributed by atoms with E-state index in [-0.39, 0.29) is 12.1 Å². The maximum atomic E-state index is 7.15. The van der Waals surface area contributed by atoms with Crippen LogP contribution in [0.15, 0.2) is 0 Å². The minimum Gasteiger partial charge on any atom is -0.676 e. The fourth-order valence-electron chi connectivity index (χ4n) is 0.960. The van der Waals surface area contributed by atoms with Crippen LogP contribution < -0.4 is 0 Å². The molecule has 1 rings (SSSR count). The van der Waals surface area contributed by atoms with E-state index < -0.39 is 16.5 Å². The van der Waals surface area contributed by atoms with E-state index in [0.717, 1.165) is 19.3 Å². The zero-order valence-electron chi connectivity index (χ0n) is 5.35. The van der Waals surface area contributed by atoms with Gasteiger partial charge in [0.1, 0.15) is 0 Å². The fourth-order valence-corrected chi connectivity index (χ4v) is 0.960. The van der Waals surface area contributed by atoms with Crippen LogP contribution in [-0.4, -0.2) is 12.1 Å². The molecule has 0 radical (unpaired) electrons. The van der Waals surface area contributed by atoms with Crippen molar-refractivity contribution in [3.63, 3.8) is 0 Å². The van der Waals surface area contributed by atoms with Gasteiger partial charge in [0, 0.05) is 0 Å². The monoisotopic (exact) mass is 363 g/mol. The van der Waals surface area contributed by atoms with Gasteiger partial charge in [-0.1, -0.05) is 19.3 Å². The topological polar surface area (TPSA) is 47.6 Å². The zero-order valence-corrected chi connectivity index (χ0v) is 9.13. The van der Waals surface area contributed by atoms with Crippen molar-refractivity contribution in [3.05, 3.63) is 11.5 Å². The van der Waals surface area contributed by atoms with Crippen LogP contribution in [0.5, 0.6) is 0 Å². The molecular formula is C5H10Cl2N2Pt-2. The van der Waals surface area contributed by atoms with Crippen LogP contribution in [0.25, 0.3) is 11.5 Å². The normalized spacial score (nSPS) is 31.6. The molecule has 1 saturated carbocycles. The van der Waals surface area contributed by atoms with E-state index >= 15 is 0 Å². The second kappa shape index (κ2) is 6.87. The summed E-state index contributed by atoms with van der Waals surface area (Å²) in [6.45, 7) is 0. The largest absolute Gasteiger partial charge is 0.676 e. The van der Waals surface area contributed by atoms with E-state index in [1.54, 1.807) is 0 Å². The molecule has 1 aliphatic carbocycles. The van der Waals surface area contributed by atoms with E-state index in [1.165, 1.54) is 0 Å². The van der Waals surface area contributed by atoms with Crippen LogP contribution in [0, 0.1) is 0 Å².